The molecule has 2 aromatic carbocycles. The third-order valence-corrected chi connectivity index (χ3v) is 7.70. The number of hydrogen-bond donors (Lipinski definition) is 1. The van der Waals surface area contributed by atoms with Gasteiger partial charge in [0, 0.05) is 44.7 Å². The van der Waals surface area contributed by atoms with E-state index in [-0.39, 0.29) is 36.5 Å². The molecule has 0 bridgehead atoms. The van der Waals surface area contributed by atoms with E-state index in [1.54, 1.807) is 17.0 Å². The first-order valence-electron chi connectivity index (χ1n) is 10.9. The fourth-order valence-corrected chi connectivity index (χ4v) is 5.28. The van der Waals surface area contributed by atoms with Gasteiger partial charge in [-0.25, -0.2) is 8.42 Å². The Kier molecular flexibility index (Phi) is 6.98. The van der Waals surface area contributed by atoms with Crippen LogP contribution in [0.5, 0.6) is 11.5 Å². The first kappa shape index (κ1) is 22.6. The van der Waals surface area contributed by atoms with Crippen molar-refractivity contribution in [3.05, 3.63) is 54.1 Å². The quantitative estimate of drug-likeness (QED) is 0.711. The van der Waals surface area contributed by atoms with E-state index in [0.29, 0.717) is 37.8 Å². The van der Waals surface area contributed by atoms with Crippen LogP contribution in [0, 0.1) is 0 Å². The predicted molar refractivity (Wildman–Crippen MR) is 120 cm³/mol. The Morgan fingerprint density at radius 2 is 1.69 bits per heavy atom. The molecule has 0 aliphatic carbocycles. The van der Waals surface area contributed by atoms with E-state index in [9.17, 15) is 13.2 Å². The molecule has 0 unspecified atom stereocenters. The molecule has 1 fully saturated rings. The molecular formula is C23H29N3O5S. The second-order valence-electron chi connectivity index (χ2n) is 7.96. The van der Waals surface area contributed by atoms with Crippen molar-refractivity contribution in [3.8, 4) is 11.5 Å². The van der Waals surface area contributed by atoms with Crippen molar-refractivity contribution in [1.82, 2.24) is 14.5 Å². The highest BCUT2D eigenvalue weighted by Crippen LogP contribution is 2.33. The molecule has 8 nitrogen and oxygen atoms in total. The summed E-state index contributed by atoms with van der Waals surface area (Å²) in [5, 5.41) is 3.25. The molecular weight excluding hydrogens is 430 g/mol. The Balaban J connectivity index is 1.32. The van der Waals surface area contributed by atoms with Gasteiger partial charge in [-0.15, -0.1) is 0 Å². The van der Waals surface area contributed by atoms with Crippen molar-refractivity contribution >= 4 is 15.9 Å². The van der Waals surface area contributed by atoms with Gasteiger partial charge in [0.2, 0.25) is 15.9 Å². The van der Waals surface area contributed by atoms with Gasteiger partial charge in [0.15, 0.2) is 11.5 Å². The highest BCUT2D eigenvalue weighted by molar-refractivity contribution is 7.89. The maximum Gasteiger partial charge on any atom is 0.243 e. The lowest BCUT2D eigenvalue weighted by atomic mass is 10.1. The summed E-state index contributed by atoms with van der Waals surface area (Å²) in [7, 11) is -3.67. The minimum Gasteiger partial charge on any atom is -0.490 e. The monoisotopic (exact) mass is 459 g/mol. The van der Waals surface area contributed by atoms with Crippen LogP contribution in [-0.2, 0) is 14.8 Å². The number of nitrogens with zero attached hydrogens (tertiary/aromatic N) is 2. The molecule has 4 rings (SSSR count). The van der Waals surface area contributed by atoms with Crippen LogP contribution < -0.4 is 14.8 Å². The number of carbonyl (C=O) groups excluding carboxylic acids is 1. The molecule has 172 valence electrons. The first-order valence-corrected chi connectivity index (χ1v) is 12.3. The SMILES string of the molecule is C[C@H](NCC(=O)N1CCN(S(=O)(=O)c2ccc3c(c2)OCCCO3)CC1)c1ccccc1. The predicted octanol–water partition coefficient (Wildman–Crippen LogP) is 2.03. The summed E-state index contributed by atoms with van der Waals surface area (Å²) in [6, 6.07) is 14.7. The summed E-state index contributed by atoms with van der Waals surface area (Å²) >= 11 is 0. The van der Waals surface area contributed by atoms with Crippen LogP contribution in [0.3, 0.4) is 0 Å². The fraction of sp³-hybridized carbons (Fsp3) is 0.435. The second-order valence-corrected chi connectivity index (χ2v) is 9.90. The number of benzene rings is 2. The zero-order valence-electron chi connectivity index (χ0n) is 18.2. The van der Waals surface area contributed by atoms with Crippen LogP contribution in [-0.4, -0.2) is 69.5 Å². The Hall–Kier alpha value is -2.62. The van der Waals surface area contributed by atoms with E-state index >= 15 is 0 Å². The maximum absolute atomic E-state index is 13.1. The first-order chi connectivity index (χ1) is 15.4. The third-order valence-electron chi connectivity index (χ3n) is 5.81. The number of piperazine rings is 1. The average molecular weight is 460 g/mol. The van der Waals surface area contributed by atoms with Gasteiger partial charge >= 0.3 is 0 Å². The molecule has 2 aliphatic heterocycles. The van der Waals surface area contributed by atoms with Crippen molar-refractivity contribution in [1.29, 1.82) is 0 Å². The summed E-state index contributed by atoms with van der Waals surface area (Å²) in [6.07, 6.45) is 0.756. The summed E-state index contributed by atoms with van der Waals surface area (Å²) in [6.45, 7) is 4.53. The van der Waals surface area contributed by atoms with Crippen molar-refractivity contribution in [2.45, 2.75) is 24.3 Å². The number of sulfonamides is 1. The smallest absolute Gasteiger partial charge is 0.243 e. The van der Waals surface area contributed by atoms with Crippen molar-refractivity contribution in [2.75, 3.05) is 45.9 Å². The molecule has 0 radical (unpaired) electrons. The van der Waals surface area contributed by atoms with Crippen molar-refractivity contribution in [2.24, 2.45) is 0 Å². The number of nitrogens with one attached hydrogen (secondary N) is 1. The van der Waals surface area contributed by atoms with E-state index in [2.05, 4.69) is 5.32 Å². The molecule has 1 N–H and O–H groups in total. The normalized spacial score (nSPS) is 18.1. The number of rotatable bonds is 6. The number of ether oxygens (including phenoxy) is 2. The standard InChI is InChI=1S/C23H29N3O5S/c1-18(19-6-3-2-4-7-19)24-17-23(27)25-10-12-26(13-11-25)32(28,29)20-8-9-21-22(16-20)31-15-5-14-30-21/h2-4,6-9,16,18,24H,5,10-15,17H2,1H3/t18-/m0/s1. The van der Waals surface area contributed by atoms with Gasteiger partial charge in [-0.1, -0.05) is 30.3 Å². The number of hydrogen-bond acceptors (Lipinski definition) is 6. The lowest BCUT2D eigenvalue weighted by Crippen LogP contribution is -2.52. The van der Waals surface area contributed by atoms with E-state index in [1.165, 1.54) is 10.4 Å². The van der Waals surface area contributed by atoms with Crippen LogP contribution in [0.25, 0.3) is 0 Å². The van der Waals surface area contributed by atoms with Crippen LogP contribution in [0.1, 0.15) is 24.9 Å². The maximum atomic E-state index is 13.1. The van der Waals surface area contributed by atoms with E-state index < -0.39 is 10.0 Å². The summed E-state index contributed by atoms with van der Waals surface area (Å²) in [5.74, 6) is 0.991. The molecule has 1 atom stereocenters. The molecule has 9 heteroatoms. The van der Waals surface area contributed by atoms with Crippen LogP contribution in [0.4, 0.5) is 0 Å². The van der Waals surface area contributed by atoms with E-state index in [4.69, 9.17) is 9.47 Å². The van der Waals surface area contributed by atoms with E-state index in [1.807, 2.05) is 37.3 Å². The summed E-state index contributed by atoms with van der Waals surface area (Å²) < 4.78 is 38.9. The Labute approximate surface area is 189 Å². The van der Waals surface area contributed by atoms with Gasteiger partial charge in [0.05, 0.1) is 24.7 Å². The van der Waals surface area contributed by atoms with Gasteiger partial charge in [0.25, 0.3) is 0 Å². The third kappa shape index (κ3) is 5.06. The van der Waals surface area contributed by atoms with Crippen LogP contribution in [0.15, 0.2) is 53.4 Å². The van der Waals surface area contributed by atoms with Gasteiger partial charge in [-0.05, 0) is 24.6 Å². The van der Waals surface area contributed by atoms with Crippen molar-refractivity contribution < 1.29 is 22.7 Å². The molecule has 1 amide bonds. The van der Waals surface area contributed by atoms with Crippen LogP contribution in [0.2, 0.25) is 0 Å². The zero-order chi connectivity index (χ0) is 22.6. The van der Waals surface area contributed by atoms with E-state index in [0.717, 1.165) is 12.0 Å². The molecule has 0 aromatic heterocycles. The number of amides is 1. The summed E-state index contributed by atoms with van der Waals surface area (Å²) in [4.78, 5) is 14.5. The Bertz CT molecular complexity index is 1040. The fourth-order valence-electron chi connectivity index (χ4n) is 3.84. The average Bonchev–Trinajstić information content (AvgIpc) is 3.08. The Morgan fingerprint density at radius 1 is 1.00 bits per heavy atom. The number of carbonyl (C=O) groups is 1. The Morgan fingerprint density at radius 3 is 2.41 bits per heavy atom. The molecule has 1 saturated heterocycles. The molecule has 0 spiro atoms. The largest absolute Gasteiger partial charge is 0.490 e. The lowest BCUT2D eigenvalue weighted by molar-refractivity contribution is -0.131. The van der Waals surface area contributed by atoms with Crippen LogP contribution >= 0.6 is 0 Å². The highest BCUT2D eigenvalue weighted by Gasteiger charge is 2.31. The number of fused-ring (bicyclic) bond motifs is 1. The van der Waals surface area contributed by atoms with Gasteiger partial charge < -0.3 is 19.7 Å². The minimum atomic E-state index is -3.67. The minimum absolute atomic E-state index is 0.0274. The van der Waals surface area contributed by atoms with Gasteiger partial charge in [-0.2, -0.15) is 4.31 Å². The van der Waals surface area contributed by atoms with Gasteiger partial charge in [0.1, 0.15) is 0 Å². The van der Waals surface area contributed by atoms with Crippen molar-refractivity contribution in [3.63, 3.8) is 0 Å². The lowest BCUT2D eigenvalue weighted by Gasteiger charge is -2.34. The second kappa shape index (κ2) is 9.89. The molecule has 2 aliphatic rings. The highest BCUT2D eigenvalue weighted by atomic mass is 32.2. The molecule has 2 aromatic rings. The zero-order valence-corrected chi connectivity index (χ0v) is 19.0. The molecule has 0 saturated carbocycles. The van der Waals surface area contributed by atoms with Gasteiger partial charge in [-0.3, -0.25) is 4.79 Å². The topological polar surface area (TPSA) is 88.2 Å². The summed E-state index contributed by atoms with van der Waals surface area (Å²) in [5.41, 5.74) is 1.12. The molecule has 2 heterocycles. The molecule has 32 heavy (non-hydrogen) atoms.